The molecule has 3 heterocycles. The fraction of sp³-hybridized carbons (Fsp3) is 0.600. The van der Waals surface area contributed by atoms with E-state index >= 15 is 0 Å². The Morgan fingerprint density at radius 2 is 2.00 bits per heavy atom. The third-order valence-electron chi connectivity index (χ3n) is 10.2. The number of fused-ring (bicyclic) bond motifs is 6. The predicted molar refractivity (Wildman–Crippen MR) is 141 cm³/mol. The highest BCUT2D eigenvalue weighted by molar-refractivity contribution is 7.17. The highest BCUT2D eigenvalue weighted by Gasteiger charge is 2.77. The molecule has 2 saturated carbocycles. The van der Waals surface area contributed by atoms with E-state index in [1.54, 1.807) is 17.5 Å². The van der Waals surface area contributed by atoms with E-state index in [0.717, 1.165) is 27.7 Å². The van der Waals surface area contributed by atoms with Gasteiger partial charge in [0.05, 0.1) is 17.4 Å². The van der Waals surface area contributed by atoms with Crippen LogP contribution in [-0.4, -0.2) is 46.1 Å². The summed E-state index contributed by atoms with van der Waals surface area (Å²) in [5.41, 5.74) is -0.993. The van der Waals surface area contributed by atoms with Gasteiger partial charge >= 0.3 is 0 Å². The number of rotatable bonds is 2. The van der Waals surface area contributed by atoms with Crippen LogP contribution in [0.2, 0.25) is 0 Å². The van der Waals surface area contributed by atoms with Gasteiger partial charge in [0.2, 0.25) is 5.88 Å². The van der Waals surface area contributed by atoms with Crippen LogP contribution in [0.15, 0.2) is 47.0 Å². The van der Waals surface area contributed by atoms with Crippen molar-refractivity contribution in [3.05, 3.63) is 47.0 Å². The van der Waals surface area contributed by atoms with Crippen LogP contribution in [0.3, 0.4) is 0 Å². The summed E-state index contributed by atoms with van der Waals surface area (Å²) in [7, 11) is 0. The second kappa shape index (κ2) is 7.32. The van der Waals surface area contributed by atoms with Gasteiger partial charge < -0.3 is 19.3 Å². The van der Waals surface area contributed by atoms with E-state index in [2.05, 4.69) is 31.8 Å². The van der Waals surface area contributed by atoms with E-state index in [1.165, 1.54) is 0 Å². The molecule has 2 bridgehead atoms. The van der Waals surface area contributed by atoms with E-state index in [0.29, 0.717) is 18.4 Å². The molecular formula is C30H35NO5S. The van der Waals surface area contributed by atoms with E-state index in [9.17, 15) is 9.90 Å². The number of hydrogen-bond donors (Lipinski definition) is 1. The number of aromatic nitrogens is 1. The van der Waals surface area contributed by atoms with E-state index in [-0.39, 0.29) is 29.0 Å². The number of Topliss-reactive ketones (excluding diaryl/α,β-unsaturated/α-hetero) is 1. The van der Waals surface area contributed by atoms with Crippen LogP contribution in [0.1, 0.15) is 48.0 Å². The monoisotopic (exact) mass is 521 g/mol. The van der Waals surface area contributed by atoms with Crippen molar-refractivity contribution in [2.45, 2.75) is 71.6 Å². The second-order valence-corrected chi connectivity index (χ2v) is 13.9. The first kappa shape index (κ1) is 24.0. The zero-order chi connectivity index (χ0) is 26.1. The number of carbonyl (C=O) groups is 1. The molecule has 1 aliphatic heterocycles. The molecule has 6 nitrogen and oxygen atoms in total. The van der Waals surface area contributed by atoms with Crippen LogP contribution in [0.25, 0.3) is 10.1 Å². The summed E-state index contributed by atoms with van der Waals surface area (Å²) < 4.78 is 20.4. The number of aliphatic hydroxyl groups is 1. The van der Waals surface area contributed by atoms with Crippen molar-refractivity contribution in [1.82, 2.24) is 4.98 Å². The predicted octanol–water partition coefficient (Wildman–Crippen LogP) is 5.31. The first-order valence-electron chi connectivity index (χ1n) is 13.4. The lowest BCUT2D eigenvalue weighted by Crippen LogP contribution is -2.68. The number of pyridine rings is 1. The molecule has 7 rings (SSSR count). The van der Waals surface area contributed by atoms with Crippen molar-refractivity contribution in [2.24, 2.45) is 34.5 Å². The minimum Gasteiger partial charge on any atom is -0.466 e. The van der Waals surface area contributed by atoms with Gasteiger partial charge in [-0.2, -0.15) is 0 Å². The minimum absolute atomic E-state index is 0.0833. The number of thiophene rings is 1. The summed E-state index contributed by atoms with van der Waals surface area (Å²) in [6, 6.07) is 3.96. The summed E-state index contributed by atoms with van der Waals surface area (Å²) >= 11 is 1.62. The maximum absolute atomic E-state index is 14.8. The molecule has 4 aliphatic carbocycles. The van der Waals surface area contributed by atoms with Crippen LogP contribution in [0.4, 0.5) is 0 Å². The number of ketones is 1. The van der Waals surface area contributed by atoms with Crippen molar-refractivity contribution in [1.29, 1.82) is 0 Å². The maximum Gasteiger partial charge on any atom is 0.222 e. The number of carbonyl (C=O) groups excluding carboxylic acids is 1. The SMILES string of the molecule is CC1=CC23C(=O)[C@@H](C=C4COC(C)(C)O[C@H]4[C@]2(O)[C@H]1Oc1nccc2sccc12)[C@H]1[C@@H](C[C@H]3C)C1(C)C. The Kier molecular flexibility index (Phi) is 4.75. The number of hydrogen-bond acceptors (Lipinski definition) is 7. The summed E-state index contributed by atoms with van der Waals surface area (Å²) in [4.78, 5) is 19.4. The van der Waals surface area contributed by atoms with Gasteiger partial charge in [-0.15, -0.1) is 11.3 Å². The Morgan fingerprint density at radius 1 is 1.22 bits per heavy atom. The molecule has 0 radical (unpaired) electrons. The number of allylic oxidation sites excluding steroid dienone is 1. The van der Waals surface area contributed by atoms with Gasteiger partial charge in [0.15, 0.2) is 23.3 Å². The zero-order valence-electron chi connectivity index (χ0n) is 22.3. The molecule has 196 valence electrons. The Labute approximate surface area is 221 Å². The van der Waals surface area contributed by atoms with E-state index in [4.69, 9.17) is 14.2 Å². The molecule has 37 heavy (non-hydrogen) atoms. The van der Waals surface area contributed by atoms with Crippen molar-refractivity contribution in [3.63, 3.8) is 0 Å². The summed E-state index contributed by atoms with van der Waals surface area (Å²) in [5, 5.41) is 16.1. The number of nitrogens with zero attached hydrogens (tertiary/aromatic N) is 1. The standard InChI is InChI=1S/C30H35NO5S/c1-15-13-29-16(2)11-20-22(27(20,3)4)19(23(29)32)12-17-14-34-28(5,6)36-25(17)30(29,33)24(15)35-26-18-8-10-37-21(18)7-9-31-26/h7-10,12-13,16,19-20,22,24-25,33H,11,14H2,1-6H3/t16-,19+,20-,22+,24+,25-,29?,30-/m1/s1. The summed E-state index contributed by atoms with van der Waals surface area (Å²) in [6.07, 6.45) is 5.20. The third-order valence-corrected chi connectivity index (χ3v) is 11.1. The third kappa shape index (κ3) is 2.92. The van der Waals surface area contributed by atoms with Crippen LogP contribution in [-0.2, 0) is 14.3 Å². The van der Waals surface area contributed by atoms with Gasteiger partial charge in [-0.05, 0) is 79.0 Å². The van der Waals surface area contributed by atoms with Gasteiger partial charge in [-0.25, -0.2) is 4.98 Å². The molecule has 0 aromatic carbocycles. The lowest BCUT2D eigenvalue weighted by molar-refractivity contribution is -0.301. The van der Waals surface area contributed by atoms with Gasteiger partial charge in [0.25, 0.3) is 0 Å². The molecule has 0 amide bonds. The Bertz CT molecular complexity index is 1390. The van der Waals surface area contributed by atoms with Gasteiger partial charge in [0.1, 0.15) is 6.10 Å². The normalized spacial score (nSPS) is 43.1. The average Bonchev–Trinajstić information content (AvgIpc) is 3.13. The van der Waals surface area contributed by atoms with Crippen LogP contribution < -0.4 is 4.74 Å². The van der Waals surface area contributed by atoms with Crippen molar-refractivity contribution < 1.29 is 24.1 Å². The Morgan fingerprint density at radius 3 is 2.78 bits per heavy atom. The minimum atomic E-state index is -1.64. The second-order valence-electron chi connectivity index (χ2n) is 12.9. The van der Waals surface area contributed by atoms with Crippen LogP contribution in [0.5, 0.6) is 5.88 Å². The molecule has 1 saturated heterocycles. The highest BCUT2D eigenvalue weighted by Crippen LogP contribution is 2.72. The van der Waals surface area contributed by atoms with Crippen LogP contribution >= 0.6 is 11.3 Å². The zero-order valence-corrected chi connectivity index (χ0v) is 23.1. The molecule has 1 unspecified atom stereocenters. The van der Waals surface area contributed by atoms with Gasteiger partial charge in [-0.3, -0.25) is 4.79 Å². The smallest absolute Gasteiger partial charge is 0.222 e. The fourth-order valence-electron chi connectivity index (χ4n) is 8.37. The van der Waals surface area contributed by atoms with Gasteiger partial charge in [0, 0.05) is 16.8 Å². The fourth-order valence-corrected chi connectivity index (χ4v) is 9.15. The molecule has 7 heteroatoms. The first-order chi connectivity index (χ1) is 17.4. The van der Waals surface area contributed by atoms with Crippen molar-refractivity contribution in [3.8, 4) is 5.88 Å². The largest absolute Gasteiger partial charge is 0.466 e. The van der Waals surface area contributed by atoms with Crippen LogP contribution in [0, 0.1) is 34.5 Å². The summed E-state index contributed by atoms with van der Waals surface area (Å²) in [5.74, 6) is -0.0276. The maximum atomic E-state index is 14.8. The average molecular weight is 522 g/mol. The molecule has 2 aromatic rings. The van der Waals surface area contributed by atoms with Crippen molar-refractivity contribution >= 4 is 27.2 Å². The molecule has 1 spiro atoms. The summed E-state index contributed by atoms with van der Waals surface area (Å²) in [6.45, 7) is 12.7. The Balaban J connectivity index is 1.44. The number of ether oxygens (including phenoxy) is 3. The van der Waals surface area contributed by atoms with E-state index in [1.807, 2.05) is 44.4 Å². The lowest BCUT2D eigenvalue weighted by atomic mass is 9.59. The van der Waals surface area contributed by atoms with Crippen molar-refractivity contribution in [2.75, 3.05) is 6.61 Å². The molecule has 2 aromatic heterocycles. The molecule has 1 N–H and O–H groups in total. The lowest BCUT2D eigenvalue weighted by Gasteiger charge is -2.52. The molecular weight excluding hydrogens is 486 g/mol. The van der Waals surface area contributed by atoms with E-state index < -0.39 is 29.0 Å². The highest BCUT2D eigenvalue weighted by atomic mass is 32.1. The topological polar surface area (TPSA) is 77.9 Å². The molecule has 5 aliphatic rings. The Hall–Kier alpha value is -2.06. The quantitative estimate of drug-likeness (QED) is 0.540. The van der Waals surface area contributed by atoms with Gasteiger partial charge in [-0.1, -0.05) is 32.9 Å². The first-order valence-corrected chi connectivity index (χ1v) is 14.3. The molecule has 8 atom stereocenters. The molecule has 3 fully saturated rings.